The molecule has 0 aliphatic heterocycles. The number of carbonyl (C=O) groups excluding carboxylic acids is 1. The Hall–Kier alpha value is -1.71. The number of nitrogens with one attached hydrogen (secondary N) is 1. The largest absolute Gasteiger partial charge is 0.462 e. The number of anilines is 2. The number of benzene rings is 1. The van der Waals surface area contributed by atoms with E-state index in [-0.39, 0.29) is 5.97 Å². The Kier molecular flexibility index (Phi) is 3.75. The minimum absolute atomic E-state index is 0.303. The fourth-order valence-corrected chi connectivity index (χ4v) is 2.26. The maximum Gasteiger partial charge on any atom is 0.338 e. The molecule has 0 radical (unpaired) electrons. The number of hydrogen-bond donors (Lipinski definition) is 2. The number of carbonyl (C=O) groups is 1. The van der Waals surface area contributed by atoms with E-state index in [9.17, 15) is 4.79 Å². The number of nitrogens with two attached hydrogens (primary N) is 1. The molecule has 18 heavy (non-hydrogen) atoms. The first-order valence-electron chi connectivity index (χ1n) is 6.43. The van der Waals surface area contributed by atoms with E-state index in [2.05, 4.69) is 12.2 Å². The number of rotatable bonds is 4. The zero-order valence-electron chi connectivity index (χ0n) is 10.9. The predicted molar refractivity (Wildman–Crippen MR) is 72.6 cm³/mol. The van der Waals surface area contributed by atoms with Gasteiger partial charge in [-0.2, -0.15) is 0 Å². The van der Waals surface area contributed by atoms with E-state index < -0.39 is 0 Å². The van der Waals surface area contributed by atoms with Crippen LogP contribution in [0, 0.1) is 5.92 Å². The van der Waals surface area contributed by atoms with Crippen LogP contribution in [0.2, 0.25) is 0 Å². The average Bonchev–Trinajstić information content (AvgIpc) is 2.30. The van der Waals surface area contributed by atoms with Gasteiger partial charge in [0.05, 0.1) is 23.5 Å². The standard InChI is InChI=1S/C14H20N2O2/c1-3-18-14(17)10-4-5-12(15)13(8-10)16-11-6-9(2)7-11/h4-5,8-9,11,16H,3,6-7,15H2,1-2H3. The highest BCUT2D eigenvalue weighted by atomic mass is 16.5. The summed E-state index contributed by atoms with van der Waals surface area (Å²) >= 11 is 0. The maximum absolute atomic E-state index is 11.6. The summed E-state index contributed by atoms with van der Waals surface area (Å²) in [5.74, 6) is 0.472. The molecule has 0 amide bonds. The van der Waals surface area contributed by atoms with E-state index in [1.54, 1.807) is 25.1 Å². The zero-order valence-corrected chi connectivity index (χ0v) is 10.9. The van der Waals surface area contributed by atoms with Gasteiger partial charge in [-0.25, -0.2) is 4.79 Å². The molecule has 1 aliphatic carbocycles. The molecule has 4 nitrogen and oxygen atoms in total. The van der Waals surface area contributed by atoms with Crippen molar-refractivity contribution in [2.75, 3.05) is 17.7 Å². The van der Waals surface area contributed by atoms with Gasteiger partial charge in [0.25, 0.3) is 0 Å². The highest BCUT2D eigenvalue weighted by Gasteiger charge is 2.25. The zero-order chi connectivity index (χ0) is 13.1. The van der Waals surface area contributed by atoms with Crippen LogP contribution in [0.4, 0.5) is 11.4 Å². The van der Waals surface area contributed by atoms with Gasteiger partial charge in [-0.3, -0.25) is 0 Å². The summed E-state index contributed by atoms with van der Waals surface area (Å²) < 4.78 is 4.98. The minimum Gasteiger partial charge on any atom is -0.462 e. The lowest BCUT2D eigenvalue weighted by molar-refractivity contribution is 0.0526. The maximum atomic E-state index is 11.6. The molecule has 1 aromatic carbocycles. The summed E-state index contributed by atoms with van der Waals surface area (Å²) in [6.45, 7) is 4.41. The molecule has 4 heteroatoms. The SMILES string of the molecule is CCOC(=O)c1ccc(N)c(NC2CC(C)C2)c1. The van der Waals surface area contributed by atoms with Crippen molar-refractivity contribution in [3.63, 3.8) is 0 Å². The Morgan fingerprint density at radius 1 is 1.50 bits per heavy atom. The Labute approximate surface area is 108 Å². The van der Waals surface area contributed by atoms with Gasteiger partial charge in [0.1, 0.15) is 0 Å². The first kappa shape index (κ1) is 12.7. The first-order valence-corrected chi connectivity index (χ1v) is 6.43. The molecule has 98 valence electrons. The van der Waals surface area contributed by atoms with Crippen LogP contribution in [0.5, 0.6) is 0 Å². The van der Waals surface area contributed by atoms with Gasteiger partial charge in [-0.15, -0.1) is 0 Å². The van der Waals surface area contributed by atoms with Crippen molar-refractivity contribution in [1.82, 2.24) is 0 Å². The van der Waals surface area contributed by atoms with Crippen LogP contribution in [0.25, 0.3) is 0 Å². The Balaban J connectivity index is 2.09. The van der Waals surface area contributed by atoms with Crippen molar-refractivity contribution in [3.05, 3.63) is 23.8 Å². The number of ether oxygens (including phenoxy) is 1. The molecule has 1 aliphatic rings. The smallest absolute Gasteiger partial charge is 0.338 e. The molecule has 0 atom stereocenters. The van der Waals surface area contributed by atoms with Crippen LogP contribution in [-0.4, -0.2) is 18.6 Å². The second kappa shape index (κ2) is 5.29. The number of hydrogen-bond acceptors (Lipinski definition) is 4. The molecule has 1 aromatic rings. The van der Waals surface area contributed by atoms with Crippen molar-refractivity contribution in [2.45, 2.75) is 32.7 Å². The molecule has 0 heterocycles. The highest BCUT2D eigenvalue weighted by Crippen LogP contribution is 2.31. The first-order chi connectivity index (χ1) is 8.60. The lowest BCUT2D eigenvalue weighted by Gasteiger charge is -2.34. The topological polar surface area (TPSA) is 64.3 Å². The van der Waals surface area contributed by atoms with Gasteiger partial charge in [-0.05, 0) is 43.9 Å². The fourth-order valence-electron chi connectivity index (χ4n) is 2.26. The third kappa shape index (κ3) is 2.75. The quantitative estimate of drug-likeness (QED) is 0.635. The van der Waals surface area contributed by atoms with Gasteiger partial charge in [0.2, 0.25) is 0 Å². The molecule has 0 saturated heterocycles. The second-order valence-corrected chi connectivity index (χ2v) is 4.94. The van der Waals surface area contributed by atoms with E-state index in [0.29, 0.717) is 23.9 Å². The third-order valence-corrected chi connectivity index (χ3v) is 3.30. The molecule has 0 bridgehead atoms. The van der Waals surface area contributed by atoms with Gasteiger partial charge in [0.15, 0.2) is 0 Å². The van der Waals surface area contributed by atoms with E-state index in [1.165, 1.54) is 0 Å². The molecule has 0 spiro atoms. The van der Waals surface area contributed by atoms with Crippen LogP contribution in [0.15, 0.2) is 18.2 Å². The summed E-state index contributed by atoms with van der Waals surface area (Å²) in [5.41, 5.74) is 7.95. The molecule has 0 unspecified atom stereocenters. The highest BCUT2D eigenvalue weighted by molar-refractivity contribution is 5.92. The summed E-state index contributed by atoms with van der Waals surface area (Å²) in [6.07, 6.45) is 2.31. The third-order valence-electron chi connectivity index (χ3n) is 3.30. The summed E-state index contributed by atoms with van der Waals surface area (Å²) in [4.78, 5) is 11.6. The van der Waals surface area contributed by atoms with Crippen LogP contribution >= 0.6 is 0 Å². The molecule has 1 fully saturated rings. The van der Waals surface area contributed by atoms with E-state index in [0.717, 1.165) is 24.4 Å². The van der Waals surface area contributed by atoms with Gasteiger partial charge in [-0.1, -0.05) is 6.92 Å². The lowest BCUT2D eigenvalue weighted by atomic mass is 9.82. The van der Waals surface area contributed by atoms with Crippen LogP contribution < -0.4 is 11.1 Å². The second-order valence-electron chi connectivity index (χ2n) is 4.94. The van der Waals surface area contributed by atoms with Gasteiger partial charge in [0, 0.05) is 6.04 Å². The van der Waals surface area contributed by atoms with Crippen LogP contribution in [0.3, 0.4) is 0 Å². The summed E-state index contributed by atoms with van der Waals surface area (Å²) in [7, 11) is 0. The molecule has 2 rings (SSSR count). The summed E-state index contributed by atoms with van der Waals surface area (Å²) in [6, 6.07) is 5.69. The Bertz CT molecular complexity index is 439. The van der Waals surface area contributed by atoms with Gasteiger partial charge >= 0.3 is 5.97 Å². The van der Waals surface area contributed by atoms with Crippen molar-refractivity contribution in [2.24, 2.45) is 5.92 Å². The minimum atomic E-state index is -0.303. The average molecular weight is 248 g/mol. The van der Waals surface area contributed by atoms with Crippen molar-refractivity contribution in [3.8, 4) is 0 Å². The Morgan fingerprint density at radius 2 is 2.22 bits per heavy atom. The molecule has 0 aromatic heterocycles. The van der Waals surface area contributed by atoms with Crippen molar-refractivity contribution < 1.29 is 9.53 Å². The van der Waals surface area contributed by atoms with Crippen molar-refractivity contribution >= 4 is 17.3 Å². The normalized spacial score (nSPS) is 22.1. The molecule has 1 saturated carbocycles. The van der Waals surface area contributed by atoms with E-state index in [1.807, 2.05) is 0 Å². The van der Waals surface area contributed by atoms with E-state index >= 15 is 0 Å². The number of nitrogen functional groups attached to an aromatic ring is 1. The molecular weight excluding hydrogens is 228 g/mol. The lowest BCUT2D eigenvalue weighted by Crippen LogP contribution is -2.34. The fraction of sp³-hybridized carbons (Fsp3) is 0.500. The number of esters is 1. The molecular formula is C14H20N2O2. The van der Waals surface area contributed by atoms with Crippen molar-refractivity contribution in [1.29, 1.82) is 0 Å². The Morgan fingerprint density at radius 3 is 2.83 bits per heavy atom. The molecule has 3 N–H and O–H groups in total. The monoisotopic (exact) mass is 248 g/mol. The van der Waals surface area contributed by atoms with Gasteiger partial charge < -0.3 is 15.8 Å². The predicted octanol–water partition coefficient (Wildman–Crippen LogP) is 2.66. The van der Waals surface area contributed by atoms with Crippen LogP contribution in [-0.2, 0) is 4.74 Å². The van der Waals surface area contributed by atoms with E-state index in [4.69, 9.17) is 10.5 Å². The summed E-state index contributed by atoms with van der Waals surface area (Å²) in [5, 5.41) is 3.38. The van der Waals surface area contributed by atoms with Crippen LogP contribution in [0.1, 0.15) is 37.0 Å².